The molecule has 11 heteroatoms. The fourth-order valence-corrected chi connectivity index (χ4v) is 3.90. The Balaban J connectivity index is 2.35. The van der Waals surface area contributed by atoms with E-state index in [0.717, 1.165) is 33.1 Å². The second kappa shape index (κ2) is 11.8. The summed E-state index contributed by atoms with van der Waals surface area (Å²) >= 11 is 0.954. The number of aromatic nitrogens is 2. The number of ether oxygens (including phenoxy) is 2. The fraction of sp³-hybridized carbons (Fsp3) is 0.450. The first kappa shape index (κ1) is 24.8. The molecule has 2 aromatic rings. The summed E-state index contributed by atoms with van der Waals surface area (Å²) < 4.78 is 40.0. The summed E-state index contributed by atoms with van der Waals surface area (Å²) in [6.07, 6.45) is 2.09. The summed E-state index contributed by atoms with van der Waals surface area (Å²) in [6.45, 7) is 1.55. The molecule has 0 radical (unpaired) electrons. The van der Waals surface area contributed by atoms with E-state index in [9.17, 15) is 23.5 Å². The van der Waals surface area contributed by atoms with Crippen LogP contribution < -0.4 is 15.2 Å². The number of aliphatic hydroxyl groups excluding tert-OH is 1. The quantitative estimate of drug-likeness (QED) is 0.489. The minimum absolute atomic E-state index is 0.000570. The largest absolute Gasteiger partial charge is 0.497 e. The van der Waals surface area contributed by atoms with Crippen molar-refractivity contribution in [3.05, 3.63) is 51.9 Å². The van der Waals surface area contributed by atoms with E-state index in [2.05, 4.69) is 5.10 Å². The summed E-state index contributed by atoms with van der Waals surface area (Å²) in [4.78, 5) is 25.7. The summed E-state index contributed by atoms with van der Waals surface area (Å²) in [5.74, 6) is -2.24. The topological polar surface area (TPSA) is 93.9 Å². The standard InChI is InChI=1S/C20H25F2N3O5S/c1-4-13(19-16(21)7-14(30-3)8-17(19)22)9-24(12-27)18-5-6-23-25(20(18)28)31-15(10-26)11-29-2/h5-8,12-13,15,26H,4,9-11H2,1-3H3. The first-order chi connectivity index (χ1) is 14.9. The minimum atomic E-state index is -0.789. The molecule has 1 heterocycles. The van der Waals surface area contributed by atoms with Crippen LogP contribution in [0.2, 0.25) is 0 Å². The van der Waals surface area contributed by atoms with Gasteiger partial charge in [-0.3, -0.25) is 9.59 Å². The molecule has 31 heavy (non-hydrogen) atoms. The van der Waals surface area contributed by atoms with Crippen LogP contribution >= 0.6 is 11.9 Å². The highest BCUT2D eigenvalue weighted by Gasteiger charge is 2.25. The molecule has 0 bridgehead atoms. The second-order valence-corrected chi connectivity index (χ2v) is 7.85. The molecule has 170 valence electrons. The molecule has 0 aliphatic rings. The van der Waals surface area contributed by atoms with Crippen LogP contribution in [0.4, 0.5) is 14.5 Å². The Morgan fingerprint density at radius 3 is 2.52 bits per heavy atom. The third kappa shape index (κ3) is 6.02. The van der Waals surface area contributed by atoms with Gasteiger partial charge in [-0.2, -0.15) is 9.19 Å². The Kier molecular flexibility index (Phi) is 9.41. The molecule has 0 aliphatic carbocycles. The van der Waals surface area contributed by atoms with Crippen LogP contribution in [0, 0.1) is 11.6 Å². The average molecular weight is 457 g/mol. The summed E-state index contributed by atoms with van der Waals surface area (Å²) in [7, 11) is 2.77. The van der Waals surface area contributed by atoms with Gasteiger partial charge in [-0.05, 0) is 24.4 Å². The molecule has 0 fully saturated rings. The van der Waals surface area contributed by atoms with E-state index in [-0.39, 0.29) is 36.8 Å². The van der Waals surface area contributed by atoms with Crippen molar-refractivity contribution >= 4 is 24.0 Å². The highest BCUT2D eigenvalue weighted by molar-refractivity contribution is 7.98. The van der Waals surface area contributed by atoms with Gasteiger partial charge in [-0.1, -0.05) is 6.92 Å². The van der Waals surface area contributed by atoms with E-state index in [0.29, 0.717) is 12.8 Å². The number of carbonyl (C=O) groups excluding carboxylic acids is 1. The van der Waals surface area contributed by atoms with Crippen molar-refractivity contribution < 1.29 is 28.2 Å². The Morgan fingerprint density at radius 1 is 1.32 bits per heavy atom. The lowest BCUT2D eigenvalue weighted by molar-refractivity contribution is -0.107. The van der Waals surface area contributed by atoms with Gasteiger partial charge in [0.2, 0.25) is 6.41 Å². The van der Waals surface area contributed by atoms with Crippen molar-refractivity contribution in [3.8, 4) is 5.75 Å². The molecule has 0 saturated heterocycles. The predicted octanol–water partition coefficient (Wildman–Crippen LogP) is 2.19. The van der Waals surface area contributed by atoms with Gasteiger partial charge < -0.3 is 19.5 Å². The molecular weight excluding hydrogens is 432 g/mol. The molecule has 1 amide bonds. The van der Waals surface area contributed by atoms with Crippen molar-refractivity contribution in [2.24, 2.45) is 0 Å². The first-order valence-electron chi connectivity index (χ1n) is 9.50. The number of anilines is 1. The smallest absolute Gasteiger partial charge is 0.301 e. The molecule has 2 atom stereocenters. The van der Waals surface area contributed by atoms with Gasteiger partial charge in [0.05, 0.1) is 31.8 Å². The van der Waals surface area contributed by atoms with Crippen LogP contribution in [0.1, 0.15) is 24.8 Å². The molecule has 2 rings (SSSR count). The Morgan fingerprint density at radius 2 is 2.00 bits per heavy atom. The van der Waals surface area contributed by atoms with Gasteiger partial charge in [-0.15, -0.1) is 0 Å². The molecule has 0 spiro atoms. The van der Waals surface area contributed by atoms with Gasteiger partial charge in [0.25, 0.3) is 0 Å². The van der Waals surface area contributed by atoms with Gasteiger partial charge in [-0.25, -0.2) is 8.78 Å². The Labute approximate surface area is 182 Å². The second-order valence-electron chi connectivity index (χ2n) is 6.63. The number of amides is 1. The van der Waals surface area contributed by atoms with Gasteiger partial charge in [0, 0.05) is 37.3 Å². The lowest BCUT2D eigenvalue weighted by Crippen LogP contribution is -2.35. The molecular formula is C20H25F2N3O5S. The maximum absolute atomic E-state index is 14.5. The van der Waals surface area contributed by atoms with Crippen LogP contribution in [0.5, 0.6) is 5.75 Å². The van der Waals surface area contributed by atoms with Crippen molar-refractivity contribution in [2.75, 3.05) is 38.9 Å². The maximum Gasteiger partial charge on any atom is 0.301 e. The first-order valence-corrected chi connectivity index (χ1v) is 10.3. The fourth-order valence-electron chi connectivity index (χ4n) is 3.05. The summed E-state index contributed by atoms with van der Waals surface area (Å²) in [6, 6.07) is 3.51. The molecule has 1 N–H and O–H groups in total. The van der Waals surface area contributed by atoms with Crippen LogP contribution in [0.15, 0.2) is 29.2 Å². The van der Waals surface area contributed by atoms with E-state index in [1.807, 2.05) is 0 Å². The molecule has 0 saturated carbocycles. The van der Waals surface area contributed by atoms with E-state index >= 15 is 0 Å². The third-order valence-corrected chi connectivity index (χ3v) is 5.69. The lowest BCUT2D eigenvalue weighted by Gasteiger charge is -2.24. The van der Waals surface area contributed by atoms with E-state index in [4.69, 9.17) is 9.47 Å². The van der Waals surface area contributed by atoms with E-state index in [1.165, 1.54) is 26.5 Å². The SMILES string of the molecule is CCC(CN(C=O)c1ccnn(SC(CO)COC)c1=O)c1c(F)cc(OC)cc1F. The predicted molar refractivity (Wildman–Crippen MR) is 114 cm³/mol. The number of nitrogens with zero attached hydrogens (tertiary/aromatic N) is 3. The monoisotopic (exact) mass is 457 g/mol. The van der Waals surface area contributed by atoms with Crippen molar-refractivity contribution in [1.29, 1.82) is 0 Å². The number of carbonyl (C=O) groups is 1. The maximum atomic E-state index is 14.5. The van der Waals surface area contributed by atoms with Gasteiger partial charge in [0.15, 0.2) is 0 Å². The number of rotatable bonds is 12. The van der Waals surface area contributed by atoms with Crippen molar-refractivity contribution in [3.63, 3.8) is 0 Å². The van der Waals surface area contributed by atoms with Crippen molar-refractivity contribution in [2.45, 2.75) is 24.5 Å². The summed E-state index contributed by atoms with van der Waals surface area (Å²) in [5.41, 5.74) is -0.779. The number of benzene rings is 1. The average Bonchev–Trinajstić information content (AvgIpc) is 2.76. The van der Waals surface area contributed by atoms with Gasteiger partial charge >= 0.3 is 5.56 Å². The molecule has 0 aliphatic heterocycles. The number of hydrogen-bond acceptors (Lipinski definition) is 7. The number of hydrogen-bond donors (Lipinski definition) is 1. The zero-order chi connectivity index (χ0) is 23.0. The minimum Gasteiger partial charge on any atom is -0.497 e. The summed E-state index contributed by atoms with van der Waals surface area (Å²) in [5, 5.41) is 12.9. The van der Waals surface area contributed by atoms with E-state index in [1.54, 1.807) is 6.92 Å². The van der Waals surface area contributed by atoms with Crippen LogP contribution in [0.25, 0.3) is 0 Å². The third-order valence-electron chi connectivity index (χ3n) is 4.64. The van der Waals surface area contributed by atoms with Gasteiger partial charge in [0.1, 0.15) is 23.1 Å². The van der Waals surface area contributed by atoms with Crippen LogP contribution in [-0.2, 0) is 9.53 Å². The number of methoxy groups -OCH3 is 2. The van der Waals surface area contributed by atoms with Crippen LogP contribution in [0.3, 0.4) is 0 Å². The highest BCUT2D eigenvalue weighted by Crippen LogP contribution is 2.30. The zero-order valence-corrected chi connectivity index (χ0v) is 18.3. The number of aliphatic hydroxyl groups is 1. The molecule has 1 aromatic heterocycles. The Bertz CT molecular complexity index is 920. The normalized spacial score (nSPS) is 13.0. The van der Waals surface area contributed by atoms with Crippen LogP contribution in [-0.4, -0.2) is 59.9 Å². The lowest BCUT2D eigenvalue weighted by atomic mass is 9.94. The molecule has 1 aromatic carbocycles. The Hall–Kier alpha value is -2.50. The molecule has 8 nitrogen and oxygen atoms in total. The molecule has 2 unspecified atom stereocenters. The highest BCUT2D eigenvalue weighted by atomic mass is 32.2. The number of halogens is 2. The zero-order valence-electron chi connectivity index (χ0n) is 17.5. The van der Waals surface area contributed by atoms with Crippen molar-refractivity contribution in [1.82, 2.24) is 9.19 Å². The van der Waals surface area contributed by atoms with E-state index < -0.39 is 28.4 Å².